The normalized spacial score (nSPS) is 11.0. The van der Waals surface area contributed by atoms with Crippen molar-refractivity contribution in [2.24, 2.45) is 5.73 Å². The van der Waals surface area contributed by atoms with Gasteiger partial charge in [-0.1, -0.05) is 0 Å². The van der Waals surface area contributed by atoms with Crippen LogP contribution in [0.1, 0.15) is 0 Å². The second-order valence-corrected chi connectivity index (χ2v) is 24.7. The third-order valence-electron chi connectivity index (χ3n) is 16.4. The molecule has 0 saturated carbocycles. The number of nitrogens with zero attached hydrogens (tertiary/aromatic N) is 20. The van der Waals surface area contributed by atoms with E-state index in [2.05, 4.69) is 71.4 Å². The molecule has 8 aromatic heterocycles. The van der Waals surface area contributed by atoms with Crippen LogP contribution in [0.4, 0.5) is 29.2 Å². The highest BCUT2D eigenvalue weighted by molar-refractivity contribution is 5.90. The number of aromatic amines is 2. The van der Waals surface area contributed by atoms with E-state index >= 15 is 0 Å². The van der Waals surface area contributed by atoms with E-state index in [1.807, 2.05) is 4.98 Å². The molecule has 606 valence electrons. The Morgan fingerprint density at radius 1 is 0.386 bits per heavy atom. The molecule has 0 atom stereocenters. The highest BCUT2D eigenvalue weighted by atomic mass is 16.4. The van der Waals surface area contributed by atoms with Gasteiger partial charge in [0.2, 0.25) is 70.9 Å². The molecule has 0 saturated heterocycles. The second-order valence-electron chi connectivity index (χ2n) is 24.7. The number of H-pyrrole nitrogens is 2. The maximum atomic E-state index is 14.1. The zero-order valence-electron chi connectivity index (χ0n) is 60.5. The summed E-state index contributed by atoms with van der Waals surface area (Å²) in [4.78, 5) is 278. The standard InChI is InChI=1S/C62H79N33O19/c63-5-15-84(45(102)26-93-14-4-39(96)81-62(93)114)21-40(97)69-6-16-85(46(103)27-90-11-1-36(64)78-59(90)111)22-41(98)70-7-17-86(47(104)28-91-12-2-37(65)79-60(91)112)23-42(99)71-8-18-87(48(105)29-92-13-3-38(66)80-61(92)113)24-43(100)72-9-19-88(49(106)30-94-34-76-52-54(67)74-33-75-55(52)94)25-44(101)73-10-20-89(32-51(108)109)50(107)31-95-35-77-53-56(95)82-58(68)83-57(53)110/h1-4,11-14,33-35H,5-10,15-32,63H2,(H,69,97)(H,70,98)(H,71,99)(H,72,100)(H,73,101)(H,108,109)(H2,64,78,111)(H2,65,79,112)(H2,66,80,113)(H2,67,74,75)(H,81,96,114)(H3,68,82,83,110). The minimum Gasteiger partial charge on any atom is -0.480 e. The molecule has 52 nitrogen and oxygen atoms in total. The molecule has 0 fully saturated rings. The molecular weight excluding hydrogens is 1510 g/mol. The quantitative estimate of drug-likeness (QED) is 0.0169. The predicted molar refractivity (Wildman–Crippen MR) is 394 cm³/mol. The number of hydrogen-bond donors (Lipinski definition) is 14. The van der Waals surface area contributed by atoms with Crippen molar-refractivity contribution in [3.05, 3.63) is 131 Å². The number of carboxylic acids is 1. The lowest BCUT2D eigenvalue weighted by Crippen LogP contribution is -2.50. The minimum absolute atomic E-state index is 0.0118. The van der Waals surface area contributed by atoms with Gasteiger partial charge < -0.3 is 105 Å². The van der Waals surface area contributed by atoms with Crippen molar-refractivity contribution in [3.8, 4) is 0 Å². The molecular formula is C62H79N33O19. The van der Waals surface area contributed by atoms with Crippen molar-refractivity contribution in [2.45, 2.75) is 39.3 Å². The van der Waals surface area contributed by atoms with Crippen LogP contribution in [0, 0.1) is 0 Å². The van der Waals surface area contributed by atoms with Crippen LogP contribution in [0.15, 0.2) is 96.8 Å². The maximum absolute atomic E-state index is 14.1. The molecule has 11 amide bonds. The maximum Gasteiger partial charge on any atom is 0.349 e. The topological polar surface area (TPSA) is 727 Å². The van der Waals surface area contributed by atoms with Crippen molar-refractivity contribution >= 4 is 122 Å². The first-order chi connectivity index (χ1) is 54.3. The van der Waals surface area contributed by atoms with Crippen molar-refractivity contribution in [1.82, 2.24) is 133 Å². The molecule has 20 N–H and O–H groups in total. The van der Waals surface area contributed by atoms with E-state index < -0.39 is 229 Å². The number of hydrogen-bond acceptors (Lipinski definition) is 32. The van der Waals surface area contributed by atoms with Crippen molar-refractivity contribution in [3.63, 3.8) is 0 Å². The number of aromatic nitrogens is 16. The molecule has 0 aromatic carbocycles. The lowest BCUT2D eigenvalue weighted by Gasteiger charge is -2.26. The summed E-state index contributed by atoms with van der Waals surface area (Å²) < 4.78 is 5.98. The van der Waals surface area contributed by atoms with Gasteiger partial charge in [0.15, 0.2) is 22.6 Å². The van der Waals surface area contributed by atoms with E-state index in [-0.39, 0.29) is 84.3 Å². The van der Waals surface area contributed by atoms with Gasteiger partial charge in [-0.2, -0.15) is 19.9 Å². The van der Waals surface area contributed by atoms with E-state index in [0.29, 0.717) is 0 Å². The summed E-state index contributed by atoms with van der Waals surface area (Å²) in [6.45, 7) is -12.7. The Morgan fingerprint density at radius 3 is 1.08 bits per heavy atom. The average molecular weight is 1590 g/mol. The number of imidazole rings is 2. The molecule has 0 aliphatic carbocycles. The third kappa shape index (κ3) is 24.7. The summed E-state index contributed by atoms with van der Waals surface area (Å²) in [6.07, 6.45) is 8.05. The lowest BCUT2D eigenvalue weighted by molar-refractivity contribution is -0.144. The number of nitrogen functional groups attached to an aromatic ring is 5. The molecule has 8 aromatic rings. The minimum atomic E-state index is -1.42. The van der Waals surface area contributed by atoms with E-state index in [1.165, 1.54) is 39.9 Å². The highest BCUT2D eigenvalue weighted by Crippen LogP contribution is 2.15. The van der Waals surface area contributed by atoms with Crippen LogP contribution < -0.4 is 94.9 Å². The van der Waals surface area contributed by atoms with E-state index in [1.54, 1.807) is 0 Å². The molecule has 8 rings (SSSR count). The fourth-order valence-corrected chi connectivity index (χ4v) is 10.7. The van der Waals surface area contributed by atoms with Gasteiger partial charge in [0, 0.05) is 109 Å². The van der Waals surface area contributed by atoms with Gasteiger partial charge in [0.05, 0.1) is 45.4 Å². The third-order valence-corrected chi connectivity index (χ3v) is 16.4. The number of nitrogens with one attached hydrogen (secondary N) is 7. The predicted octanol–water partition coefficient (Wildman–Crippen LogP) is -13.2. The SMILES string of the molecule is NCCN(CC(=O)NCCN(CC(=O)NCCN(CC(=O)NCCN(CC(=O)NCCN(CC(=O)NCCN(CC(=O)O)C(=O)Cn1cnc2c(=O)[nH]c(N)nc21)C(=O)Cn1cnc2c(N)ncnc21)C(=O)Cn1ccc(N)nc1=O)C(=O)Cn1ccc(N)nc1=O)C(=O)Cn1ccc(N)nc1=O)C(=O)Cn1ccc(=O)[nH]c1=O. The summed E-state index contributed by atoms with van der Waals surface area (Å²) in [7, 11) is 0. The van der Waals surface area contributed by atoms with Crippen molar-refractivity contribution in [2.75, 3.05) is 146 Å². The van der Waals surface area contributed by atoms with Crippen LogP contribution in [0.2, 0.25) is 0 Å². The summed E-state index contributed by atoms with van der Waals surface area (Å²) >= 11 is 0. The summed E-state index contributed by atoms with van der Waals surface area (Å²) in [5.41, 5.74) is 29.2. The lowest BCUT2D eigenvalue weighted by atomic mass is 10.3. The molecule has 0 aliphatic heterocycles. The van der Waals surface area contributed by atoms with Gasteiger partial charge in [-0.3, -0.25) is 95.4 Å². The Labute approximate surface area is 638 Å². The van der Waals surface area contributed by atoms with Crippen LogP contribution in [-0.2, 0) is 96.8 Å². The molecule has 0 unspecified atom stereocenters. The molecule has 52 heteroatoms. The number of anilines is 5. The van der Waals surface area contributed by atoms with Gasteiger partial charge in [-0.05, 0) is 18.2 Å². The summed E-state index contributed by atoms with van der Waals surface area (Å²) in [5.74, 6) is -11.4. The van der Waals surface area contributed by atoms with E-state index in [4.69, 9.17) is 34.4 Å². The van der Waals surface area contributed by atoms with Crippen LogP contribution >= 0.6 is 0 Å². The molecule has 0 spiro atoms. The zero-order valence-corrected chi connectivity index (χ0v) is 60.5. The first-order valence-electron chi connectivity index (χ1n) is 34.1. The van der Waals surface area contributed by atoms with Crippen LogP contribution in [-0.4, -0.2) is 301 Å². The number of carbonyl (C=O) groups is 12. The van der Waals surface area contributed by atoms with E-state index in [0.717, 1.165) is 85.0 Å². The molecule has 8 heterocycles. The van der Waals surface area contributed by atoms with Crippen molar-refractivity contribution < 1.29 is 62.6 Å². The fourth-order valence-electron chi connectivity index (χ4n) is 10.7. The van der Waals surface area contributed by atoms with Crippen LogP contribution in [0.3, 0.4) is 0 Å². The summed E-state index contributed by atoms with van der Waals surface area (Å²) in [5, 5.41) is 22.3. The van der Waals surface area contributed by atoms with Gasteiger partial charge in [-0.25, -0.2) is 39.1 Å². The molecule has 0 aliphatic rings. The van der Waals surface area contributed by atoms with E-state index in [9.17, 15) is 91.4 Å². The van der Waals surface area contributed by atoms with Crippen LogP contribution in [0.5, 0.6) is 0 Å². The number of nitrogens with two attached hydrogens (primary N) is 6. The Kier molecular flexibility index (Phi) is 29.5. The number of rotatable bonds is 41. The largest absolute Gasteiger partial charge is 0.480 e. The van der Waals surface area contributed by atoms with Gasteiger partial charge in [-0.15, -0.1) is 0 Å². The Morgan fingerprint density at radius 2 is 0.719 bits per heavy atom. The molecule has 0 radical (unpaired) electrons. The number of amides is 11. The average Bonchev–Trinajstić information content (AvgIpc) is 1.65. The number of aliphatic carboxylic acids is 1. The highest BCUT2D eigenvalue weighted by Gasteiger charge is 2.28. The Balaban J connectivity index is 0.912. The first-order valence-corrected chi connectivity index (χ1v) is 34.1. The Bertz CT molecular complexity index is 5310. The molecule has 114 heavy (non-hydrogen) atoms. The van der Waals surface area contributed by atoms with Gasteiger partial charge >= 0.3 is 28.7 Å². The first kappa shape index (κ1) is 84.4. The fraction of sp³-hybridized carbons (Fsp3) is 0.387. The van der Waals surface area contributed by atoms with Gasteiger partial charge in [0.1, 0.15) is 75.1 Å². The van der Waals surface area contributed by atoms with Gasteiger partial charge in [0.25, 0.3) is 11.1 Å². The number of carboxylic acid groups (broad SMARTS) is 1. The monoisotopic (exact) mass is 1590 g/mol. The summed E-state index contributed by atoms with van der Waals surface area (Å²) in [6, 6.07) is 4.67. The van der Waals surface area contributed by atoms with Crippen LogP contribution in [0.25, 0.3) is 22.3 Å². The smallest absolute Gasteiger partial charge is 0.349 e. The zero-order chi connectivity index (χ0) is 82.9. The number of carbonyl (C=O) groups excluding carboxylic acids is 11. The Hall–Kier alpha value is -15.2. The molecule has 0 bridgehead atoms. The second kappa shape index (κ2) is 39.8. The van der Waals surface area contributed by atoms with Crippen molar-refractivity contribution in [1.29, 1.82) is 0 Å². The number of fused-ring (bicyclic) bond motifs is 2.